The Morgan fingerprint density at radius 3 is 2.69 bits per heavy atom. The average molecular weight is 438 g/mol. The molecule has 1 aromatic carbocycles. The molecule has 9 heteroatoms. The number of amides is 2. The highest BCUT2D eigenvalue weighted by atomic mass is 16.5. The predicted molar refractivity (Wildman–Crippen MR) is 116 cm³/mol. The molecule has 0 saturated carbocycles. The van der Waals surface area contributed by atoms with Gasteiger partial charge in [-0.15, -0.1) is 0 Å². The van der Waals surface area contributed by atoms with Crippen LogP contribution < -0.4 is 14.8 Å². The van der Waals surface area contributed by atoms with Gasteiger partial charge in [0.05, 0.1) is 32.6 Å². The van der Waals surface area contributed by atoms with E-state index in [-0.39, 0.29) is 17.7 Å². The van der Waals surface area contributed by atoms with E-state index in [0.29, 0.717) is 48.2 Å². The Hall–Kier alpha value is -3.75. The van der Waals surface area contributed by atoms with Gasteiger partial charge in [-0.05, 0) is 43.2 Å². The largest absolute Gasteiger partial charge is 0.493 e. The third-order valence-corrected chi connectivity index (χ3v) is 5.69. The van der Waals surface area contributed by atoms with Crippen LogP contribution in [-0.2, 0) is 6.54 Å². The van der Waals surface area contributed by atoms with Gasteiger partial charge in [0.2, 0.25) is 0 Å². The van der Waals surface area contributed by atoms with Gasteiger partial charge in [-0.1, -0.05) is 6.07 Å². The number of aromatic nitrogens is 2. The fourth-order valence-corrected chi connectivity index (χ4v) is 3.95. The van der Waals surface area contributed by atoms with Crippen LogP contribution in [0.5, 0.6) is 11.5 Å². The van der Waals surface area contributed by atoms with Gasteiger partial charge < -0.3 is 24.1 Å². The number of piperidine rings is 1. The van der Waals surface area contributed by atoms with Crippen molar-refractivity contribution in [3.63, 3.8) is 0 Å². The molecule has 1 aliphatic rings. The van der Waals surface area contributed by atoms with Crippen LogP contribution in [0.4, 0.5) is 0 Å². The summed E-state index contributed by atoms with van der Waals surface area (Å²) < 4.78 is 15.9. The van der Waals surface area contributed by atoms with E-state index >= 15 is 0 Å². The number of carbonyl (C=O) groups is 2. The molecular weight excluding hydrogens is 412 g/mol. The first kappa shape index (κ1) is 21.5. The van der Waals surface area contributed by atoms with Gasteiger partial charge in [-0.2, -0.15) is 5.10 Å². The van der Waals surface area contributed by atoms with Crippen molar-refractivity contribution in [1.29, 1.82) is 0 Å². The molecule has 0 unspecified atom stereocenters. The first-order valence-corrected chi connectivity index (χ1v) is 10.5. The van der Waals surface area contributed by atoms with Crippen molar-refractivity contribution >= 4 is 11.8 Å². The highest BCUT2D eigenvalue weighted by Crippen LogP contribution is 2.33. The fraction of sp³-hybridized carbons (Fsp3) is 0.348. The first-order valence-electron chi connectivity index (χ1n) is 10.5. The molecular formula is C23H26N4O5. The van der Waals surface area contributed by atoms with Crippen molar-refractivity contribution in [3.05, 3.63) is 65.4 Å². The Morgan fingerprint density at radius 1 is 1.19 bits per heavy atom. The predicted octanol–water partition coefficient (Wildman–Crippen LogP) is 2.97. The Labute approximate surface area is 185 Å². The third kappa shape index (κ3) is 4.46. The van der Waals surface area contributed by atoms with Crippen LogP contribution >= 0.6 is 0 Å². The topological polar surface area (TPSA) is 110 Å². The molecule has 0 aliphatic carbocycles. The standard InChI is InChI=1S/C23H26N4O5/c1-30-20-7-3-6-17(21(20)31-2)23(29)27-10-8-15(9-11-27)18-13-19(26-25-18)22(28)24-14-16-5-4-12-32-16/h3-7,12-13,15H,8-11,14H2,1-2H3,(H,24,28)(H,25,26). The molecule has 0 radical (unpaired) electrons. The number of para-hydroxylation sites is 1. The summed E-state index contributed by atoms with van der Waals surface area (Å²) in [5, 5.41) is 9.93. The van der Waals surface area contributed by atoms with Crippen LogP contribution in [0.3, 0.4) is 0 Å². The number of furan rings is 1. The highest BCUT2D eigenvalue weighted by molar-refractivity contribution is 5.98. The van der Waals surface area contributed by atoms with Gasteiger partial charge in [0.25, 0.3) is 11.8 Å². The van der Waals surface area contributed by atoms with Gasteiger partial charge in [0.15, 0.2) is 11.5 Å². The first-order chi connectivity index (χ1) is 15.6. The van der Waals surface area contributed by atoms with E-state index in [9.17, 15) is 9.59 Å². The van der Waals surface area contributed by atoms with E-state index < -0.39 is 0 Å². The molecule has 0 bridgehead atoms. The number of benzene rings is 1. The number of H-pyrrole nitrogens is 1. The molecule has 3 aromatic rings. The molecule has 3 heterocycles. The number of hydrogen-bond acceptors (Lipinski definition) is 6. The lowest BCUT2D eigenvalue weighted by molar-refractivity contribution is 0.0708. The Balaban J connectivity index is 1.35. The molecule has 168 valence electrons. The number of nitrogens with zero attached hydrogens (tertiary/aromatic N) is 2. The summed E-state index contributed by atoms with van der Waals surface area (Å²) >= 11 is 0. The second-order valence-electron chi connectivity index (χ2n) is 7.58. The lowest BCUT2D eigenvalue weighted by Crippen LogP contribution is -2.38. The van der Waals surface area contributed by atoms with Crippen LogP contribution in [0.15, 0.2) is 47.1 Å². The van der Waals surface area contributed by atoms with Crippen LogP contribution in [0.25, 0.3) is 0 Å². The van der Waals surface area contributed by atoms with Crippen LogP contribution in [0, 0.1) is 0 Å². The van der Waals surface area contributed by atoms with Gasteiger partial charge in [-0.3, -0.25) is 14.7 Å². The average Bonchev–Trinajstić information content (AvgIpc) is 3.54. The van der Waals surface area contributed by atoms with Crippen molar-refractivity contribution in [1.82, 2.24) is 20.4 Å². The lowest BCUT2D eigenvalue weighted by atomic mass is 9.93. The second-order valence-corrected chi connectivity index (χ2v) is 7.58. The van der Waals surface area contributed by atoms with Crippen LogP contribution in [0.2, 0.25) is 0 Å². The molecule has 1 saturated heterocycles. The molecule has 1 fully saturated rings. The minimum Gasteiger partial charge on any atom is -0.493 e. The highest BCUT2D eigenvalue weighted by Gasteiger charge is 2.28. The molecule has 1 aliphatic heterocycles. The van der Waals surface area contributed by atoms with E-state index in [4.69, 9.17) is 13.9 Å². The number of methoxy groups -OCH3 is 2. The zero-order valence-corrected chi connectivity index (χ0v) is 18.1. The van der Waals surface area contributed by atoms with E-state index in [0.717, 1.165) is 18.5 Å². The third-order valence-electron chi connectivity index (χ3n) is 5.69. The van der Waals surface area contributed by atoms with Crippen molar-refractivity contribution in [2.75, 3.05) is 27.3 Å². The smallest absolute Gasteiger partial charge is 0.272 e. The maximum absolute atomic E-state index is 13.1. The zero-order valence-electron chi connectivity index (χ0n) is 18.1. The molecule has 0 atom stereocenters. The summed E-state index contributed by atoms with van der Waals surface area (Å²) in [5.74, 6) is 1.51. The summed E-state index contributed by atoms with van der Waals surface area (Å²) in [6, 6.07) is 10.7. The summed E-state index contributed by atoms with van der Waals surface area (Å²) in [4.78, 5) is 27.2. The number of nitrogens with one attached hydrogen (secondary N) is 2. The minimum absolute atomic E-state index is 0.0817. The molecule has 0 spiro atoms. The number of hydrogen-bond donors (Lipinski definition) is 2. The van der Waals surface area contributed by atoms with Crippen molar-refractivity contribution in [2.45, 2.75) is 25.3 Å². The maximum atomic E-state index is 13.1. The monoisotopic (exact) mass is 438 g/mol. The van der Waals surface area contributed by atoms with Gasteiger partial charge in [0.1, 0.15) is 11.5 Å². The van der Waals surface area contributed by atoms with Crippen molar-refractivity contribution in [3.8, 4) is 11.5 Å². The molecule has 2 N–H and O–H groups in total. The van der Waals surface area contributed by atoms with Crippen molar-refractivity contribution in [2.24, 2.45) is 0 Å². The number of aromatic amines is 1. The zero-order chi connectivity index (χ0) is 22.5. The maximum Gasteiger partial charge on any atom is 0.272 e. The molecule has 2 aromatic heterocycles. The number of ether oxygens (including phenoxy) is 2. The SMILES string of the molecule is COc1cccc(C(=O)N2CCC(c3cc(C(=O)NCc4ccco4)n[nH]3)CC2)c1OC. The summed E-state index contributed by atoms with van der Waals surface area (Å²) in [7, 11) is 3.08. The van der Waals surface area contributed by atoms with E-state index in [2.05, 4.69) is 15.5 Å². The molecule has 32 heavy (non-hydrogen) atoms. The lowest BCUT2D eigenvalue weighted by Gasteiger charge is -2.32. The van der Waals surface area contributed by atoms with Gasteiger partial charge >= 0.3 is 0 Å². The Kier molecular flexibility index (Phi) is 6.44. The van der Waals surface area contributed by atoms with Crippen LogP contribution in [-0.4, -0.2) is 54.2 Å². The van der Waals surface area contributed by atoms with Crippen molar-refractivity contribution < 1.29 is 23.5 Å². The number of likely N-dealkylation sites (tertiary alicyclic amines) is 1. The summed E-state index contributed by atoms with van der Waals surface area (Å²) in [6.07, 6.45) is 3.11. The molecule has 2 amide bonds. The Bertz CT molecular complexity index is 1070. The normalized spacial score (nSPS) is 14.2. The van der Waals surface area contributed by atoms with Crippen LogP contribution in [0.1, 0.15) is 51.1 Å². The molecule has 4 rings (SSSR count). The van der Waals surface area contributed by atoms with Gasteiger partial charge in [0, 0.05) is 24.7 Å². The Morgan fingerprint density at radius 2 is 2.00 bits per heavy atom. The quantitative estimate of drug-likeness (QED) is 0.587. The fourth-order valence-electron chi connectivity index (χ4n) is 3.95. The second kappa shape index (κ2) is 9.59. The summed E-state index contributed by atoms with van der Waals surface area (Å²) in [6.45, 7) is 1.51. The van der Waals surface area contributed by atoms with E-state index in [1.165, 1.54) is 7.11 Å². The van der Waals surface area contributed by atoms with E-state index in [1.807, 2.05) is 4.90 Å². The minimum atomic E-state index is -0.262. The van der Waals surface area contributed by atoms with Gasteiger partial charge in [-0.25, -0.2) is 0 Å². The summed E-state index contributed by atoms with van der Waals surface area (Å²) in [5.41, 5.74) is 1.73. The number of rotatable bonds is 7. The number of carbonyl (C=O) groups excluding carboxylic acids is 2. The van der Waals surface area contributed by atoms with E-state index in [1.54, 1.807) is 49.8 Å². The molecule has 9 nitrogen and oxygen atoms in total.